The monoisotopic (exact) mass is 221 g/mol. The van der Waals surface area contributed by atoms with Gasteiger partial charge in [0.05, 0.1) is 18.3 Å². The summed E-state index contributed by atoms with van der Waals surface area (Å²) in [5, 5.41) is 9.03. The molecule has 3 N–H and O–H groups in total. The summed E-state index contributed by atoms with van der Waals surface area (Å²) in [6, 6.07) is 1.61. The number of carboxylic acids is 1. The average molecular weight is 221 g/mol. The Bertz CT molecular complexity index is 547. The van der Waals surface area contributed by atoms with Gasteiger partial charge >= 0.3 is 5.97 Å². The van der Waals surface area contributed by atoms with Crippen molar-refractivity contribution in [1.82, 2.24) is 9.38 Å². The fourth-order valence-electron chi connectivity index (χ4n) is 1.48. The highest BCUT2D eigenvalue weighted by atomic mass is 16.5. The zero-order valence-electron chi connectivity index (χ0n) is 8.67. The molecule has 0 fully saturated rings. The summed E-state index contributed by atoms with van der Waals surface area (Å²) < 4.78 is 6.76. The van der Waals surface area contributed by atoms with Gasteiger partial charge in [0, 0.05) is 12.3 Å². The highest BCUT2D eigenvalue weighted by Gasteiger charge is 2.14. The molecule has 0 saturated carbocycles. The molecule has 84 valence electrons. The van der Waals surface area contributed by atoms with E-state index < -0.39 is 5.97 Å². The number of nitrogens with two attached hydrogens (primary N) is 1. The Labute approximate surface area is 91.3 Å². The van der Waals surface area contributed by atoms with E-state index in [1.54, 1.807) is 19.2 Å². The number of pyridine rings is 1. The number of carbonyl (C=O) groups is 1. The largest absolute Gasteiger partial charge is 0.493 e. The van der Waals surface area contributed by atoms with E-state index in [4.69, 9.17) is 15.6 Å². The Balaban J connectivity index is 2.67. The van der Waals surface area contributed by atoms with Gasteiger partial charge in [-0.2, -0.15) is 0 Å². The number of aromatic carboxylic acids is 1. The number of aromatic nitrogens is 2. The molecule has 6 nitrogen and oxygen atoms in total. The topological polar surface area (TPSA) is 89.9 Å². The van der Waals surface area contributed by atoms with Gasteiger partial charge in [0.15, 0.2) is 0 Å². The molecule has 0 aliphatic carbocycles. The number of anilines is 1. The Hall–Kier alpha value is -2.24. The Kier molecular flexibility index (Phi) is 2.40. The van der Waals surface area contributed by atoms with Gasteiger partial charge in [0.1, 0.15) is 11.3 Å². The summed E-state index contributed by atoms with van der Waals surface area (Å²) in [5.74, 6) is -0.485. The predicted molar refractivity (Wildman–Crippen MR) is 57.7 cm³/mol. The molecule has 0 aliphatic heterocycles. The van der Waals surface area contributed by atoms with Crippen molar-refractivity contribution >= 4 is 17.4 Å². The van der Waals surface area contributed by atoms with Gasteiger partial charge in [-0.1, -0.05) is 0 Å². The zero-order valence-corrected chi connectivity index (χ0v) is 8.67. The molecule has 2 aromatic heterocycles. The van der Waals surface area contributed by atoms with Gasteiger partial charge in [-0.25, -0.2) is 9.78 Å². The molecule has 0 bridgehead atoms. The van der Waals surface area contributed by atoms with E-state index in [9.17, 15) is 4.79 Å². The molecule has 0 unspecified atom stereocenters. The van der Waals surface area contributed by atoms with Crippen LogP contribution in [0.5, 0.6) is 5.75 Å². The van der Waals surface area contributed by atoms with Gasteiger partial charge in [0.2, 0.25) is 5.95 Å². The molecule has 0 aliphatic rings. The van der Waals surface area contributed by atoms with E-state index in [-0.39, 0.29) is 11.5 Å². The molecule has 16 heavy (non-hydrogen) atoms. The van der Waals surface area contributed by atoms with Crippen LogP contribution >= 0.6 is 0 Å². The maximum Gasteiger partial charge on any atom is 0.341 e. The minimum atomic E-state index is -1.06. The first-order chi connectivity index (χ1) is 7.63. The Morgan fingerprint density at radius 2 is 2.44 bits per heavy atom. The van der Waals surface area contributed by atoms with Gasteiger partial charge in [-0.3, -0.25) is 4.40 Å². The van der Waals surface area contributed by atoms with Crippen molar-refractivity contribution in [2.75, 3.05) is 12.3 Å². The molecular formula is C10H11N3O3. The lowest BCUT2D eigenvalue weighted by atomic mass is 10.2. The molecule has 2 heterocycles. The fraction of sp³-hybridized carbons (Fsp3) is 0.200. The maximum atomic E-state index is 11.0. The summed E-state index contributed by atoms with van der Waals surface area (Å²) in [6.45, 7) is 2.20. The van der Waals surface area contributed by atoms with Crippen LogP contribution in [0.3, 0.4) is 0 Å². The van der Waals surface area contributed by atoms with Gasteiger partial charge in [0.25, 0.3) is 0 Å². The first kappa shape index (κ1) is 10.3. The van der Waals surface area contributed by atoms with Crippen LogP contribution in [0.2, 0.25) is 0 Å². The standard InChI is InChI=1S/C10H11N3O3/c1-2-16-8-3-6-4-12-10(11)13(6)5-7(8)9(14)15/h3-5H,2H2,1H3,(H2,11,12)(H,14,15). The van der Waals surface area contributed by atoms with Crippen LogP contribution in [0.1, 0.15) is 17.3 Å². The number of rotatable bonds is 3. The van der Waals surface area contributed by atoms with E-state index in [0.717, 1.165) is 0 Å². The zero-order chi connectivity index (χ0) is 11.7. The number of imidazole rings is 1. The second kappa shape index (κ2) is 3.73. The van der Waals surface area contributed by atoms with Crippen molar-refractivity contribution in [1.29, 1.82) is 0 Å². The lowest BCUT2D eigenvalue weighted by Gasteiger charge is -2.08. The molecule has 2 aromatic rings. The van der Waals surface area contributed by atoms with Crippen molar-refractivity contribution in [3.63, 3.8) is 0 Å². The van der Waals surface area contributed by atoms with Crippen LogP contribution in [0.15, 0.2) is 18.5 Å². The smallest absolute Gasteiger partial charge is 0.341 e. The third kappa shape index (κ3) is 1.54. The van der Waals surface area contributed by atoms with Crippen molar-refractivity contribution < 1.29 is 14.6 Å². The second-order valence-electron chi connectivity index (χ2n) is 3.20. The Morgan fingerprint density at radius 1 is 1.69 bits per heavy atom. The van der Waals surface area contributed by atoms with E-state index in [1.165, 1.54) is 10.6 Å². The van der Waals surface area contributed by atoms with Gasteiger partial charge in [-0.15, -0.1) is 0 Å². The molecule has 0 spiro atoms. The predicted octanol–water partition coefficient (Wildman–Crippen LogP) is 1.01. The van der Waals surface area contributed by atoms with E-state index >= 15 is 0 Å². The highest BCUT2D eigenvalue weighted by molar-refractivity contribution is 5.91. The molecular weight excluding hydrogens is 210 g/mol. The van der Waals surface area contributed by atoms with Crippen LogP contribution in [0.4, 0.5) is 5.95 Å². The molecule has 0 saturated heterocycles. The fourth-order valence-corrected chi connectivity index (χ4v) is 1.48. The molecule has 6 heteroatoms. The highest BCUT2D eigenvalue weighted by Crippen LogP contribution is 2.22. The normalized spacial score (nSPS) is 10.6. The average Bonchev–Trinajstić information content (AvgIpc) is 2.59. The summed E-state index contributed by atoms with van der Waals surface area (Å²) in [7, 11) is 0. The molecule has 2 rings (SSSR count). The maximum absolute atomic E-state index is 11.0. The summed E-state index contributed by atoms with van der Waals surface area (Å²) in [5.41, 5.74) is 6.36. The minimum Gasteiger partial charge on any atom is -0.493 e. The minimum absolute atomic E-state index is 0.0686. The Morgan fingerprint density at radius 3 is 3.06 bits per heavy atom. The van der Waals surface area contributed by atoms with Crippen molar-refractivity contribution in [2.45, 2.75) is 6.92 Å². The number of nitrogens with zero attached hydrogens (tertiary/aromatic N) is 2. The van der Waals surface area contributed by atoms with E-state index in [0.29, 0.717) is 17.9 Å². The molecule has 0 radical (unpaired) electrons. The number of ether oxygens (including phenoxy) is 1. The molecule has 0 atom stereocenters. The lowest BCUT2D eigenvalue weighted by Crippen LogP contribution is -2.05. The van der Waals surface area contributed by atoms with Gasteiger partial charge in [-0.05, 0) is 6.92 Å². The van der Waals surface area contributed by atoms with E-state index in [2.05, 4.69) is 4.98 Å². The second-order valence-corrected chi connectivity index (χ2v) is 3.20. The first-order valence-electron chi connectivity index (χ1n) is 4.76. The summed E-state index contributed by atoms with van der Waals surface area (Å²) in [4.78, 5) is 14.9. The van der Waals surface area contributed by atoms with Crippen LogP contribution < -0.4 is 10.5 Å². The summed E-state index contributed by atoms with van der Waals surface area (Å²) >= 11 is 0. The van der Waals surface area contributed by atoms with Crippen LogP contribution in [-0.2, 0) is 0 Å². The van der Waals surface area contributed by atoms with Gasteiger partial charge < -0.3 is 15.6 Å². The van der Waals surface area contributed by atoms with Crippen molar-refractivity contribution in [3.05, 3.63) is 24.0 Å². The third-order valence-electron chi connectivity index (χ3n) is 2.19. The van der Waals surface area contributed by atoms with Crippen molar-refractivity contribution in [2.24, 2.45) is 0 Å². The number of hydrogen-bond acceptors (Lipinski definition) is 4. The van der Waals surface area contributed by atoms with Crippen LogP contribution in [0.25, 0.3) is 5.52 Å². The number of carboxylic acid groups (broad SMARTS) is 1. The SMILES string of the molecule is CCOc1cc2cnc(N)n2cc1C(=O)O. The quantitative estimate of drug-likeness (QED) is 0.807. The van der Waals surface area contributed by atoms with E-state index in [1.807, 2.05) is 0 Å². The molecule has 0 aromatic carbocycles. The van der Waals surface area contributed by atoms with Crippen molar-refractivity contribution in [3.8, 4) is 5.75 Å². The number of hydrogen-bond donors (Lipinski definition) is 2. The third-order valence-corrected chi connectivity index (χ3v) is 2.19. The van der Waals surface area contributed by atoms with Crippen LogP contribution in [-0.4, -0.2) is 27.1 Å². The summed E-state index contributed by atoms with van der Waals surface area (Å²) in [6.07, 6.45) is 2.97. The van der Waals surface area contributed by atoms with Crippen LogP contribution in [0, 0.1) is 0 Å². The lowest BCUT2D eigenvalue weighted by molar-refractivity contribution is 0.0692. The number of nitrogen functional groups attached to an aromatic ring is 1. The molecule has 0 amide bonds. The first-order valence-corrected chi connectivity index (χ1v) is 4.76. The number of fused-ring (bicyclic) bond motifs is 1.